The summed E-state index contributed by atoms with van der Waals surface area (Å²) in [6.45, 7) is 1.81. The topological polar surface area (TPSA) is 57.4 Å². The molecule has 0 aliphatic carbocycles. The first kappa shape index (κ1) is 8.64. The van der Waals surface area contributed by atoms with E-state index >= 15 is 0 Å². The van der Waals surface area contributed by atoms with Gasteiger partial charge in [0.05, 0.1) is 25.6 Å². The average Bonchev–Trinajstić information content (AvgIpc) is 2.09. The number of methoxy groups -OCH3 is 2. The van der Waals surface area contributed by atoms with Crippen molar-refractivity contribution >= 4 is 5.69 Å². The number of nitrogen functional groups attached to an aromatic ring is 1. The van der Waals surface area contributed by atoms with Crippen LogP contribution in [0.15, 0.2) is 6.07 Å². The number of aryl methyl sites for hydroxylation is 1. The normalized spacial score (nSPS) is 9.58. The van der Waals surface area contributed by atoms with Gasteiger partial charge in [-0.05, 0) is 6.92 Å². The number of rotatable bonds is 2. The van der Waals surface area contributed by atoms with Crippen LogP contribution in [-0.4, -0.2) is 19.2 Å². The monoisotopic (exact) mass is 168 g/mol. The Morgan fingerprint density at radius 1 is 1.33 bits per heavy atom. The van der Waals surface area contributed by atoms with Gasteiger partial charge in [-0.15, -0.1) is 0 Å². The number of hydrogen-bond acceptors (Lipinski definition) is 4. The summed E-state index contributed by atoms with van der Waals surface area (Å²) in [7, 11) is 3.11. The lowest BCUT2D eigenvalue weighted by Crippen LogP contribution is -1.99. The van der Waals surface area contributed by atoms with Crippen molar-refractivity contribution < 1.29 is 9.47 Å². The van der Waals surface area contributed by atoms with E-state index in [0.717, 1.165) is 0 Å². The molecule has 1 aromatic heterocycles. The highest BCUT2D eigenvalue weighted by Gasteiger charge is 2.06. The zero-order chi connectivity index (χ0) is 9.14. The molecule has 0 atom stereocenters. The predicted octanol–water partition coefficient (Wildman–Crippen LogP) is 0.989. The summed E-state index contributed by atoms with van der Waals surface area (Å²) in [5.41, 5.74) is 6.94. The zero-order valence-corrected chi connectivity index (χ0v) is 7.42. The molecule has 4 heteroatoms. The van der Waals surface area contributed by atoms with Gasteiger partial charge in [0.1, 0.15) is 5.75 Å². The Morgan fingerprint density at radius 2 is 2.00 bits per heavy atom. The minimum absolute atomic E-state index is 0.513. The molecule has 2 N–H and O–H groups in total. The first-order chi connectivity index (χ1) is 5.69. The maximum atomic E-state index is 5.67. The Morgan fingerprint density at radius 3 is 2.50 bits per heavy atom. The molecule has 66 valence electrons. The summed E-state index contributed by atoms with van der Waals surface area (Å²) < 4.78 is 9.97. The van der Waals surface area contributed by atoms with Crippen molar-refractivity contribution in [3.8, 4) is 11.6 Å². The lowest BCUT2D eigenvalue weighted by atomic mass is 10.3. The molecule has 0 aliphatic heterocycles. The predicted molar refractivity (Wildman–Crippen MR) is 46.5 cm³/mol. The molecule has 0 unspecified atom stereocenters. The third kappa shape index (κ3) is 1.42. The summed E-state index contributed by atoms with van der Waals surface area (Å²) >= 11 is 0. The number of aromatic nitrogens is 1. The molecule has 0 fully saturated rings. The van der Waals surface area contributed by atoms with Crippen molar-refractivity contribution in [2.45, 2.75) is 6.92 Å². The van der Waals surface area contributed by atoms with Gasteiger partial charge in [-0.2, -0.15) is 0 Å². The second-order valence-corrected chi connectivity index (χ2v) is 2.37. The molecule has 12 heavy (non-hydrogen) atoms. The van der Waals surface area contributed by atoms with Gasteiger partial charge in [0.15, 0.2) is 0 Å². The van der Waals surface area contributed by atoms with E-state index in [9.17, 15) is 0 Å². The van der Waals surface area contributed by atoms with E-state index in [1.54, 1.807) is 27.2 Å². The quantitative estimate of drug-likeness (QED) is 0.715. The van der Waals surface area contributed by atoms with Gasteiger partial charge in [-0.1, -0.05) is 0 Å². The number of pyridine rings is 1. The minimum atomic E-state index is 0.513. The highest BCUT2D eigenvalue weighted by Crippen LogP contribution is 2.27. The van der Waals surface area contributed by atoms with Crippen LogP contribution in [0, 0.1) is 6.92 Å². The van der Waals surface area contributed by atoms with Crippen LogP contribution in [0.25, 0.3) is 0 Å². The van der Waals surface area contributed by atoms with Gasteiger partial charge >= 0.3 is 0 Å². The molecule has 0 saturated carbocycles. The Hall–Kier alpha value is -1.45. The molecular formula is C8H12N2O2. The standard InChI is InChI=1S/C8H12N2O2/c1-5-8(9)6(11-2)4-7(10-5)12-3/h4H,9H2,1-3H3. The van der Waals surface area contributed by atoms with Crippen molar-refractivity contribution in [3.05, 3.63) is 11.8 Å². The van der Waals surface area contributed by atoms with Gasteiger partial charge in [-0.25, -0.2) is 4.98 Å². The van der Waals surface area contributed by atoms with Gasteiger partial charge in [0, 0.05) is 6.07 Å². The van der Waals surface area contributed by atoms with Crippen LogP contribution < -0.4 is 15.2 Å². The van der Waals surface area contributed by atoms with E-state index in [1.165, 1.54) is 0 Å². The number of ether oxygens (including phenoxy) is 2. The van der Waals surface area contributed by atoms with Gasteiger partial charge < -0.3 is 15.2 Å². The van der Waals surface area contributed by atoms with Gasteiger partial charge in [0.2, 0.25) is 5.88 Å². The van der Waals surface area contributed by atoms with Crippen LogP contribution in [0.2, 0.25) is 0 Å². The van der Waals surface area contributed by atoms with Gasteiger partial charge in [-0.3, -0.25) is 0 Å². The summed E-state index contributed by atoms with van der Waals surface area (Å²) in [6.07, 6.45) is 0. The molecular weight excluding hydrogens is 156 g/mol. The van der Waals surface area contributed by atoms with Crippen LogP contribution in [0.3, 0.4) is 0 Å². The summed E-state index contributed by atoms with van der Waals surface area (Å²) in [5.74, 6) is 1.11. The summed E-state index contributed by atoms with van der Waals surface area (Å²) in [4.78, 5) is 4.07. The minimum Gasteiger partial charge on any atom is -0.494 e. The lowest BCUT2D eigenvalue weighted by molar-refractivity contribution is 0.382. The van der Waals surface area contributed by atoms with Crippen LogP contribution in [0.5, 0.6) is 11.6 Å². The van der Waals surface area contributed by atoms with E-state index < -0.39 is 0 Å². The highest BCUT2D eigenvalue weighted by molar-refractivity contribution is 5.57. The number of anilines is 1. The highest BCUT2D eigenvalue weighted by atomic mass is 16.5. The summed E-state index contributed by atoms with van der Waals surface area (Å²) in [6, 6.07) is 1.66. The fourth-order valence-electron chi connectivity index (χ4n) is 0.899. The molecule has 4 nitrogen and oxygen atoms in total. The van der Waals surface area contributed by atoms with Crippen LogP contribution in [0.4, 0.5) is 5.69 Å². The van der Waals surface area contributed by atoms with Gasteiger partial charge in [0.25, 0.3) is 0 Å². The maximum Gasteiger partial charge on any atom is 0.217 e. The molecule has 1 rings (SSSR count). The second-order valence-electron chi connectivity index (χ2n) is 2.37. The van der Waals surface area contributed by atoms with E-state index in [0.29, 0.717) is 23.0 Å². The smallest absolute Gasteiger partial charge is 0.217 e. The Bertz CT molecular complexity index is 287. The maximum absolute atomic E-state index is 5.67. The molecule has 0 bridgehead atoms. The Balaban J connectivity index is 3.19. The Labute approximate surface area is 71.3 Å². The molecule has 1 aromatic rings. The molecule has 0 radical (unpaired) electrons. The molecule has 0 spiro atoms. The SMILES string of the molecule is COc1cc(OC)c(N)c(C)n1. The average molecular weight is 168 g/mol. The fraction of sp³-hybridized carbons (Fsp3) is 0.375. The van der Waals surface area contributed by atoms with Crippen molar-refractivity contribution in [3.63, 3.8) is 0 Å². The van der Waals surface area contributed by atoms with E-state index in [1.807, 2.05) is 0 Å². The zero-order valence-electron chi connectivity index (χ0n) is 7.42. The first-order valence-electron chi connectivity index (χ1n) is 3.54. The fourth-order valence-corrected chi connectivity index (χ4v) is 0.899. The molecule has 1 heterocycles. The first-order valence-corrected chi connectivity index (χ1v) is 3.54. The Kier molecular flexibility index (Phi) is 2.38. The van der Waals surface area contributed by atoms with E-state index in [-0.39, 0.29) is 0 Å². The van der Waals surface area contributed by atoms with Crippen molar-refractivity contribution in [2.75, 3.05) is 20.0 Å². The van der Waals surface area contributed by atoms with Crippen molar-refractivity contribution in [1.82, 2.24) is 4.98 Å². The van der Waals surface area contributed by atoms with Crippen molar-refractivity contribution in [1.29, 1.82) is 0 Å². The van der Waals surface area contributed by atoms with Crippen LogP contribution in [-0.2, 0) is 0 Å². The number of hydrogen-bond donors (Lipinski definition) is 1. The molecule has 0 saturated heterocycles. The summed E-state index contributed by atoms with van der Waals surface area (Å²) in [5, 5.41) is 0. The molecule has 0 aromatic carbocycles. The number of nitrogens with two attached hydrogens (primary N) is 1. The molecule has 0 amide bonds. The third-order valence-electron chi connectivity index (χ3n) is 1.62. The molecule has 0 aliphatic rings. The van der Waals surface area contributed by atoms with E-state index in [4.69, 9.17) is 15.2 Å². The van der Waals surface area contributed by atoms with E-state index in [2.05, 4.69) is 4.98 Å². The number of nitrogens with zero attached hydrogens (tertiary/aromatic N) is 1. The van der Waals surface area contributed by atoms with Crippen LogP contribution in [0.1, 0.15) is 5.69 Å². The third-order valence-corrected chi connectivity index (χ3v) is 1.62. The lowest BCUT2D eigenvalue weighted by Gasteiger charge is -2.08. The largest absolute Gasteiger partial charge is 0.494 e. The second kappa shape index (κ2) is 3.30. The van der Waals surface area contributed by atoms with Crippen LogP contribution >= 0.6 is 0 Å². The van der Waals surface area contributed by atoms with Crippen molar-refractivity contribution in [2.24, 2.45) is 0 Å².